The van der Waals surface area contributed by atoms with Gasteiger partial charge in [-0.25, -0.2) is 17.8 Å². The van der Waals surface area contributed by atoms with Crippen molar-refractivity contribution in [3.8, 4) is 11.4 Å². The number of hydrogen-bond donors (Lipinski definition) is 1. The highest BCUT2D eigenvalue weighted by atomic mass is 32.2. The number of rotatable bonds is 7. The van der Waals surface area contributed by atoms with Crippen molar-refractivity contribution in [3.05, 3.63) is 42.0 Å². The third-order valence-electron chi connectivity index (χ3n) is 4.37. The predicted octanol–water partition coefficient (Wildman–Crippen LogP) is 1.63. The van der Waals surface area contributed by atoms with Crippen molar-refractivity contribution >= 4 is 22.2 Å². The first kappa shape index (κ1) is 19.9. The van der Waals surface area contributed by atoms with E-state index >= 15 is 0 Å². The van der Waals surface area contributed by atoms with Crippen LogP contribution in [0.15, 0.2) is 37.2 Å². The third kappa shape index (κ3) is 5.10. The molecule has 10 heteroatoms. The second kappa shape index (κ2) is 8.42. The minimum absolute atomic E-state index is 0.0871. The van der Waals surface area contributed by atoms with Gasteiger partial charge in [0.2, 0.25) is 10.0 Å². The van der Waals surface area contributed by atoms with Crippen LogP contribution in [-0.2, 0) is 23.2 Å². The molecule has 8 nitrogen and oxygen atoms in total. The van der Waals surface area contributed by atoms with E-state index in [9.17, 15) is 8.42 Å². The van der Waals surface area contributed by atoms with Gasteiger partial charge in [-0.2, -0.15) is 5.10 Å². The van der Waals surface area contributed by atoms with Crippen LogP contribution in [-0.4, -0.2) is 58.0 Å². The van der Waals surface area contributed by atoms with Gasteiger partial charge in [0.15, 0.2) is 10.6 Å². The lowest BCUT2D eigenvalue weighted by Gasteiger charge is -2.32. The van der Waals surface area contributed by atoms with Gasteiger partial charge in [0, 0.05) is 43.6 Å². The van der Waals surface area contributed by atoms with Crippen LogP contribution in [0.1, 0.15) is 12.8 Å². The SMILES string of the molecule is C=CCn1c(-c2cccnc2)nn(CN2CCCC(NS(C)(=O)=O)C2)c1=S. The van der Waals surface area contributed by atoms with Gasteiger partial charge in [0.1, 0.15) is 0 Å². The molecule has 0 saturated carbocycles. The van der Waals surface area contributed by atoms with E-state index in [1.54, 1.807) is 23.2 Å². The van der Waals surface area contributed by atoms with Crippen LogP contribution >= 0.6 is 12.2 Å². The Balaban J connectivity index is 1.83. The van der Waals surface area contributed by atoms with Crippen molar-refractivity contribution in [2.75, 3.05) is 19.3 Å². The summed E-state index contributed by atoms with van der Waals surface area (Å²) in [5.74, 6) is 0.746. The smallest absolute Gasteiger partial charge is 0.208 e. The number of sulfonamides is 1. The van der Waals surface area contributed by atoms with E-state index in [4.69, 9.17) is 17.3 Å². The first-order chi connectivity index (χ1) is 12.9. The summed E-state index contributed by atoms with van der Waals surface area (Å²) in [6.07, 6.45) is 8.21. The highest BCUT2D eigenvalue weighted by molar-refractivity contribution is 7.88. The lowest BCUT2D eigenvalue weighted by Crippen LogP contribution is -2.47. The van der Waals surface area contributed by atoms with Crippen molar-refractivity contribution in [1.82, 2.24) is 29.0 Å². The number of pyridine rings is 1. The summed E-state index contributed by atoms with van der Waals surface area (Å²) in [5.41, 5.74) is 0.888. The molecule has 1 unspecified atom stereocenters. The maximum atomic E-state index is 11.5. The molecule has 3 heterocycles. The first-order valence-corrected chi connectivity index (χ1v) is 11.1. The molecule has 2 aromatic heterocycles. The van der Waals surface area contributed by atoms with Crippen molar-refractivity contribution in [2.45, 2.75) is 32.1 Å². The Kier molecular flexibility index (Phi) is 6.20. The van der Waals surface area contributed by atoms with Crippen molar-refractivity contribution < 1.29 is 8.42 Å². The molecule has 1 saturated heterocycles. The molecule has 1 fully saturated rings. The molecule has 3 rings (SSSR count). The van der Waals surface area contributed by atoms with Crippen LogP contribution in [0.5, 0.6) is 0 Å². The van der Waals surface area contributed by atoms with Gasteiger partial charge in [0.25, 0.3) is 0 Å². The summed E-state index contributed by atoms with van der Waals surface area (Å²) < 4.78 is 30.0. The molecule has 0 spiro atoms. The Morgan fingerprint density at radius 1 is 1.48 bits per heavy atom. The van der Waals surface area contributed by atoms with E-state index in [1.165, 1.54) is 6.26 Å². The zero-order valence-electron chi connectivity index (χ0n) is 15.3. The second-order valence-electron chi connectivity index (χ2n) is 6.69. The fourth-order valence-electron chi connectivity index (χ4n) is 3.31. The van der Waals surface area contributed by atoms with E-state index in [-0.39, 0.29) is 6.04 Å². The van der Waals surface area contributed by atoms with Crippen LogP contribution < -0.4 is 4.72 Å². The van der Waals surface area contributed by atoms with Crippen molar-refractivity contribution in [2.24, 2.45) is 0 Å². The van der Waals surface area contributed by atoms with Crippen molar-refractivity contribution in [3.63, 3.8) is 0 Å². The Labute approximate surface area is 164 Å². The van der Waals surface area contributed by atoms with Crippen LogP contribution in [0.2, 0.25) is 0 Å². The number of allylic oxidation sites excluding steroid dienone is 1. The number of hydrogen-bond acceptors (Lipinski definition) is 6. The standard InChI is InChI=1S/C17H24N6O2S2/c1-3-9-22-16(14-6-4-8-18-11-14)19-23(17(22)26)13-21-10-5-7-15(12-21)20-27(2,24)25/h3-4,6,8,11,15,20H,1,5,7,9-10,12-13H2,2H3. The average molecular weight is 409 g/mol. The maximum Gasteiger partial charge on any atom is 0.208 e. The Bertz CT molecular complexity index is 952. The minimum Gasteiger partial charge on any atom is -0.296 e. The maximum absolute atomic E-state index is 11.5. The Hall–Kier alpha value is -1.88. The summed E-state index contributed by atoms with van der Waals surface area (Å²) in [4.78, 5) is 6.33. The van der Waals surface area contributed by atoms with E-state index in [1.807, 2.05) is 16.7 Å². The number of nitrogens with zero attached hydrogens (tertiary/aromatic N) is 5. The van der Waals surface area contributed by atoms with Crippen LogP contribution in [0.4, 0.5) is 0 Å². The molecule has 1 aliphatic rings. The third-order valence-corrected chi connectivity index (χ3v) is 5.57. The molecule has 0 radical (unpaired) electrons. The molecule has 0 bridgehead atoms. The zero-order chi connectivity index (χ0) is 19.4. The van der Waals surface area contributed by atoms with Crippen LogP contribution in [0.3, 0.4) is 0 Å². The number of piperidine rings is 1. The van der Waals surface area contributed by atoms with Gasteiger partial charge >= 0.3 is 0 Å². The van der Waals surface area contributed by atoms with Gasteiger partial charge in [-0.05, 0) is 37.2 Å². The van der Waals surface area contributed by atoms with Gasteiger partial charge in [-0.3, -0.25) is 14.5 Å². The van der Waals surface area contributed by atoms with E-state index in [0.29, 0.717) is 24.5 Å². The number of aromatic nitrogens is 4. The zero-order valence-corrected chi connectivity index (χ0v) is 16.9. The molecule has 2 aromatic rings. The van der Waals surface area contributed by atoms with Gasteiger partial charge in [0.05, 0.1) is 12.9 Å². The van der Waals surface area contributed by atoms with E-state index < -0.39 is 10.0 Å². The molecule has 1 atom stereocenters. The largest absolute Gasteiger partial charge is 0.296 e. The molecule has 0 aliphatic carbocycles. The topological polar surface area (TPSA) is 85.1 Å². The summed E-state index contributed by atoms with van der Waals surface area (Å²) in [5, 5.41) is 4.70. The minimum atomic E-state index is -3.22. The molecule has 27 heavy (non-hydrogen) atoms. The summed E-state index contributed by atoms with van der Waals surface area (Å²) in [6, 6.07) is 3.72. The van der Waals surface area contributed by atoms with Gasteiger partial charge in [-0.1, -0.05) is 6.08 Å². The Morgan fingerprint density at radius 2 is 2.30 bits per heavy atom. The molecule has 1 aliphatic heterocycles. The van der Waals surface area contributed by atoms with E-state index in [0.717, 1.165) is 30.8 Å². The van der Waals surface area contributed by atoms with Gasteiger partial charge in [-0.15, -0.1) is 6.58 Å². The summed E-state index contributed by atoms with van der Waals surface area (Å²) in [7, 11) is -3.22. The summed E-state index contributed by atoms with van der Waals surface area (Å²) >= 11 is 5.62. The first-order valence-electron chi connectivity index (χ1n) is 8.76. The number of nitrogens with one attached hydrogen (secondary N) is 1. The van der Waals surface area contributed by atoms with Crippen molar-refractivity contribution in [1.29, 1.82) is 0 Å². The molecule has 146 valence electrons. The lowest BCUT2D eigenvalue weighted by atomic mass is 10.1. The molecule has 1 N–H and O–H groups in total. The second-order valence-corrected chi connectivity index (χ2v) is 8.84. The van der Waals surface area contributed by atoms with Crippen LogP contribution in [0.25, 0.3) is 11.4 Å². The molecular formula is C17H24N6O2S2. The fraction of sp³-hybridized carbons (Fsp3) is 0.471. The normalized spacial score (nSPS) is 18.5. The quantitative estimate of drug-likeness (QED) is 0.554. The predicted molar refractivity (Wildman–Crippen MR) is 107 cm³/mol. The Morgan fingerprint density at radius 3 is 2.96 bits per heavy atom. The molecule has 0 aromatic carbocycles. The van der Waals surface area contributed by atoms with E-state index in [2.05, 4.69) is 21.2 Å². The van der Waals surface area contributed by atoms with Crippen LogP contribution in [0, 0.1) is 4.77 Å². The fourth-order valence-corrected chi connectivity index (χ4v) is 4.37. The highest BCUT2D eigenvalue weighted by Crippen LogP contribution is 2.18. The summed E-state index contributed by atoms with van der Waals surface area (Å²) in [6.45, 7) is 6.38. The van der Waals surface area contributed by atoms with Gasteiger partial charge < -0.3 is 0 Å². The monoisotopic (exact) mass is 408 g/mol. The molecular weight excluding hydrogens is 384 g/mol. The average Bonchev–Trinajstić information content (AvgIpc) is 2.91. The lowest BCUT2D eigenvalue weighted by molar-refractivity contribution is 0.152. The highest BCUT2D eigenvalue weighted by Gasteiger charge is 2.23. The number of likely N-dealkylation sites (tertiary alicyclic amines) is 1. The molecule has 0 amide bonds.